The van der Waals surface area contributed by atoms with Gasteiger partial charge in [0.1, 0.15) is 0 Å². The molecule has 0 aromatic heterocycles. The number of carbonyl (C=O) groups is 1. The molecule has 72 valence electrons. The summed E-state index contributed by atoms with van der Waals surface area (Å²) in [4.78, 5) is 11.3. The Morgan fingerprint density at radius 1 is 1.36 bits per heavy atom. The predicted octanol–water partition coefficient (Wildman–Crippen LogP) is 2.46. The second-order valence-electron chi connectivity index (χ2n) is 3.82. The van der Waals surface area contributed by atoms with Crippen LogP contribution in [-0.2, 0) is 5.54 Å². The van der Waals surface area contributed by atoms with Gasteiger partial charge in [-0.2, -0.15) is 0 Å². The van der Waals surface area contributed by atoms with E-state index in [1.54, 1.807) is 0 Å². The normalized spacial score (nSPS) is 21.1. The molecule has 1 saturated carbocycles. The number of benzene rings is 1. The number of amides is 2. The monoisotopic (exact) mass is 208 g/mol. The summed E-state index contributed by atoms with van der Waals surface area (Å²) in [5.41, 5.74) is 1.72. The Labute approximate surface area is 86.4 Å². The molecule has 1 spiro atoms. The van der Waals surface area contributed by atoms with Gasteiger partial charge in [-0.3, -0.25) is 0 Å². The minimum absolute atomic E-state index is 0.128. The van der Waals surface area contributed by atoms with E-state index in [-0.39, 0.29) is 11.6 Å². The van der Waals surface area contributed by atoms with E-state index in [2.05, 4.69) is 10.6 Å². The zero-order chi connectivity index (χ0) is 9.76. The lowest BCUT2D eigenvalue weighted by atomic mass is 10.0. The maximum absolute atomic E-state index is 11.3. The first-order valence-electron chi connectivity index (χ1n) is 4.59. The molecule has 2 N–H and O–H groups in total. The third kappa shape index (κ3) is 0.960. The topological polar surface area (TPSA) is 41.1 Å². The minimum Gasteiger partial charge on any atom is -0.328 e. The molecule has 0 atom stereocenters. The van der Waals surface area contributed by atoms with Crippen LogP contribution in [0.4, 0.5) is 10.5 Å². The molecule has 0 unspecified atom stereocenters. The molecule has 1 aromatic rings. The molecular weight excluding hydrogens is 200 g/mol. The number of carbonyl (C=O) groups excluding carboxylic acids is 1. The van der Waals surface area contributed by atoms with Crippen molar-refractivity contribution in [2.24, 2.45) is 0 Å². The number of hydrogen-bond acceptors (Lipinski definition) is 1. The van der Waals surface area contributed by atoms with Gasteiger partial charge >= 0.3 is 6.03 Å². The van der Waals surface area contributed by atoms with Crippen LogP contribution in [0.15, 0.2) is 18.2 Å². The van der Waals surface area contributed by atoms with Gasteiger partial charge in [-0.15, -0.1) is 0 Å². The Morgan fingerprint density at radius 3 is 2.86 bits per heavy atom. The van der Waals surface area contributed by atoms with Crippen molar-refractivity contribution in [1.29, 1.82) is 0 Å². The first-order valence-corrected chi connectivity index (χ1v) is 4.97. The van der Waals surface area contributed by atoms with E-state index in [1.807, 2.05) is 18.2 Å². The van der Waals surface area contributed by atoms with Crippen LogP contribution in [0.2, 0.25) is 5.02 Å². The van der Waals surface area contributed by atoms with E-state index >= 15 is 0 Å². The van der Waals surface area contributed by atoms with Gasteiger partial charge in [0.15, 0.2) is 0 Å². The summed E-state index contributed by atoms with van der Waals surface area (Å²) in [6.07, 6.45) is 1.97. The fourth-order valence-electron chi connectivity index (χ4n) is 2.05. The molecule has 1 heterocycles. The molecular formula is C10H9ClN2O. The van der Waals surface area contributed by atoms with Gasteiger partial charge in [0.25, 0.3) is 0 Å². The summed E-state index contributed by atoms with van der Waals surface area (Å²) >= 11 is 6.12. The highest BCUT2D eigenvalue weighted by atomic mass is 35.5. The number of hydrogen-bond donors (Lipinski definition) is 2. The third-order valence-electron chi connectivity index (χ3n) is 2.84. The molecule has 3 rings (SSSR count). The molecule has 4 heteroatoms. The lowest BCUT2D eigenvalue weighted by molar-refractivity contribution is 0.246. The molecule has 2 aliphatic rings. The highest BCUT2D eigenvalue weighted by Gasteiger charge is 2.50. The van der Waals surface area contributed by atoms with Gasteiger partial charge in [-0.1, -0.05) is 17.7 Å². The van der Waals surface area contributed by atoms with Crippen LogP contribution in [0, 0.1) is 0 Å². The molecule has 1 aliphatic carbocycles. The van der Waals surface area contributed by atoms with Crippen molar-refractivity contribution in [3.05, 3.63) is 28.8 Å². The van der Waals surface area contributed by atoms with E-state index in [4.69, 9.17) is 11.6 Å². The Balaban J connectivity index is 2.23. The van der Waals surface area contributed by atoms with Crippen molar-refractivity contribution in [3.8, 4) is 0 Å². The van der Waals surface area contributed by atoms with Gasteiger partial charge < -0.3 is 10.6 Å². The summed E-state index contributed by atoms with van der Waals surface area (Å²) in [7, 11) is 0. The Morgan fingerprint density at radius 2 is 2.14 bits per heavy atom. The first-order chi connectivity index (χ1) is 6.71. The average molecular weight is 209 g/mol. The number of halogens is 1. The van der Waals surface area contributed by atoms with E-state index in [9.17, 15) is 4.79 Å². The summed E-state index contributed by atoms with van der Waals surface area (Å²) in [5, 5.41) is 6.42. The van der Waals surface area contributed by atoms with Crippen molar-refractivity contribution >= 4 is 23.3 Å². The number of fused-ring (bicyclic) bond motifs is 2. The van der Waals surface area contributed by atoms with Crippen LogP contribution in [0.3, 0.4) is 0 Å². The molecule has 0 bridgehead atoms. The fourth-order valence-corrected chi connectivity index (χ4v) is 2.40. The molecule has 14 heavy (non-hydrogen) atoms. The van der Waals surface area contributed by atoms with Crippen LogP contribution >= 0.6 is 11.6 Å². The first kappa shape index (κ1) is 8.12. The van der Waals surface area contributed by atoms with Crippen molar-refractivity contribution < 1.29 is 4.79 Å². The zero-order valence-electron chi connectivity index (χ0n) is 7.43. The van der Waals surface area contributed by atoms with E-state index in [0.717, 1.165) is 29.1 Å². The highest BCUT2D eigenvalue weighted by Crippen LogP contribution is 2.52. The summed E-state index contributed by atoms with van der Waals surface area (Å²) in [6, 6.07) is 5.47. The molecule has 3 nitrogen and oxygen atoms in total. The number of anilines is 1. The number of urea groups is 1. The van der Waals surface area contributed by atoms with Gasteiger partial charge in [0.2, 0.25) is 0 Å². The van der Waals surface area contributed by atoms with Gasteiger partial charge in [-0.25, -0.2) is 4.79 Å². The molecule has 1 aromatic carbocycles. The van der Waals surface area contributed by atoms with Gasteiger partial charge in [0, 0.05) is 16.3 Å². The van der Waals surface area contributed by atoms with Gasteiger partial charge in [-0.05, 0) is 25.0 Å². The smallest absolute Gasteiger partial charge is 0.319 e. The van der Waals surface area contributed by atoms with E-state index in [1.165, 1.54) is 0 Å². The summed E-state index contributed by atoms with van der Waals surface area (Å²) in [6.45, 7) is 0. The molecule has 1 aliphatic heterocycles. The van der Waals surface area contributed by atoms with Crippen molar-refractivity contribution in [3.63, 3.8) is 0 Å². The van der Waals surface area contributed by atoms with Crippen LogP contribution in [0.1, 0.15) is 18.4 Å². The molecule has 0 radical (unpaired) electrons. The quantitative estimate of drug-likeness (QED) is 0.676. The Bertz CT molecular complexity index is 426. The molecule has 0 saturated heterocycles. The number of nitrogens with one attached hydrogen (secondary N) is 2. The standard InChI is InChI=1S/C10H9ClN2O/c11-6-2-1-3-7-8(6)10(4-5-10)13-9(14)12-7/h1-3H,4-5H2,(H2,12,13,14). The summed E-state index contributed by atoms with van der Waals surface area (Å²) < 4.78 is 0. The lowest BCUT2D eigenvalue weighted by Gasteiger charge is -2.27. The minimum atomic E-state index is -0.171. The second kappa shape index (κ2) is 2.42. The van der Waals surface area contributed by atoms with Gasteiger partial charge in [0.05, 0.1) is 5.54 Å². The third-order valence-corrected chi connectivity index (χ3v) is 3.16. The van der Waals surface area contributed by atoms with Crippen molar-refractivity contribution in [1.82, 2.24) is 5.32 Å². The Kier molecular flexibility index (Phi) is 1.40. The largest absolute Gasteiger partial charge is 0.328 e. The van der Waals surface area contributed by atoms with Crippen molar-refractivity contribution in [2.45, 2.75) is 18.4 Å². The molecule has 2 amide bonds. The number of rotatable bonds is 0. The van der Waals surface area contributed by atoms with E-state index < -0.39 is 0 Å². The maximum Gasteiger partial charge on any atom is 0.319 e. The van der Waals surface area contributed by atoms with Crippen molar-refractivity contribution in [2.75, 3.05) is 5.32 Å². The summed E-state index contributed by atoms with van der Waals surface area (Å²) in [5.74, 6) is 0. The van der Waals surface area contributed by atoms with Crippen LogP contribution in [0.5, 0.6) is 0 Å². The average Bonchev–Trinajstić information content (AvgIpc) is 2.84. The maximum atomic E-state index is 11.3. The highest BCUT2D eigenvalue weighted by molar-refractivity contribution is 6.32. The Hall–Kier alpha value is -1.22. The lowest BCUT2D eigenvalue weighted by Crippen LogP contribution is -2.43. The van der Waals surface area contributed by atoms with Crippen LogP contribution in [0.25, 0.3) is 0 Å². The zero-order valence-corrected chi connectivity index (χ0v) is 8.19. The molecule has 1 fully saturated rings. The predicted molar refractivity (Wildman–Crippen MR) is 54.5 cm³/mol. The van der Waals surface area contributed by atoms with Crippen LogP contribution in [-0.4, -0.2) is 6.03 Å². The SMILES string of the molecule is O=C1Nc2cccc(Cl)c2C2(CC2)N1. The van der Waals surface area contributed by atoms with Crippen LogP contribution < -0.4 is 10.6 Å². The van der Waals surface area contributed by atoms with E-state index in [0.29, 0.717) is 0 Å². The fraction of sp³-hybridized carbons (Fsp3) is 0.300. The second-order valence-corrected chi connectivity index (χ2v) is 4.23.